The summed E-state index contributed by atoms with van der Waals surface area (Å²) in [6, 6.07) is 0. The standard InChI is InChI=1S/C5H14N2OS/c1-3-9(2,8)7-5-4-6/h3-6H2,1-2H3. The van der Waals surface area contributed by atoms with Gasteiger partial charge in [0.15, 0.2) is 0 Å². The van der Waals surface area contributed by atoms with Gasteiger partial charge in [0.2, 0.25) is 0 Å². The van der Waals surface area contributed by atoms with E-state index in [1.807, 2.05) is 6.92 Å². The quantitative estimate of drug-likeness (QED) is 0.618. The van der Waals surface area contributed by atoms with E-state index in [1.54, 1.807) is 6.26 Å². The van der Waals surface area contributed by atoms with Gasteiger partial charge in [0.05, 0.1) is 6.54 Å². The molecule has 0 saturated heterocycles. The number of rotatable bonds is 3. The van der Waals surface area contributed by atoms with E-state index in [0.717, 1.165) is 0 Å². The molecule has 3 nitrogen and oxygen atoms in total. The van der Waals surface area contributed by atoms with Gasteiger partial charge in [-0.3, -0.25) is 4.21 Å². The van der Waals surface area contributed by atoms with Crippen molar-refractivity contribution in [3.8, 4) is 0 Å². The van der Waals surface area contributed by atoms with E-state index in [9.17, 15) is 4.21 Å². The molecule has 0 aliphatic heterocycles. The lowest BCUT2D eigenvalue weighted by molar-refractivity contribution is 0.679. The van der Waals surface area contributed by atoms with Crippen molar-refractivity contribution >= 4 is 9.73 Å². The Kier molecular flexibility index (Phi) is 3.81. The first-order chi connectivity index (χ1) is 4.12. The van der Waals surface area contributed by atoms with Crippen molar-refractivity contribution in [1.29, 1.82) is 0 Å². The van der Waals surface area contributed by atoms with Crippen LogP contribution in [0.3, 0.4) is 0 Å². The average molecular weight is 150 g/mol. The lowest BCUT2D eigenvalue weighted by Crippen LogP contribution is -2.07. The summed E-state index contributed by atoms with van der Waals surface area (Å²) in [7, 11) is -1.89. The minimum atomic E-state index is -1.89. The molecule has 0 aliphatic carbocycles. The third-order valence-electron chi connectivity index (χ3n) is 1.03. The largest absolute Gasteiger partial charge is 0.329 e. The zero-order valence-corrected chi connectivity index (χ0v) is 6.78. The van der Waals surface area contributed by atoms with E-state index in [4.69, 9.17) is 5.73 Å². The predicted molar refractivity (Wildman–Crippen MR) is 41.0 cm³/mol. The van der Waals surface area contributed by atoms with Crippen molar-refractivity contribution in [3.63, 3.8) is 0 Å². The molecule has 0 bridgehead atoms. The van der Waals surface area contributed by atoms with Crippen LogP contribution >= 0.6 is 0 Å². The molecule has 0 radical (unpaired) electrons. The number of hydrogen-bond acceptors (Lipinski definition) is 3. The molecule has 56 valence electrons. The molecule has 0 aromatic heterocycles. The van der Waals surface area contributed by atoms with Gasteiger partial charge in [-0.25, -0.2) is 4.36 Å². The van der Waals surface area contributed by atoms with Gasteiger partial charge >= 0.3 is 0 Å². The number of hydrogen-bond donors (Lipinski definition) is 1. The van der Waals surface area contributed by atoms with E-state index in [-0.39, 0.29) is 0 Å². The molecule has 0 saturated carbocycles. The Balaban J connectivity index is 3.95. The topological polar surface area (TPSA) is 55.5 Å². The smallest absolute Gasteiger partial charge is 0.0606 e. The highest BCUT2D eigenvalue weighted by molar-refractivity contribution is 7.92. The summed E-state index contributed by atoms with van der Waals surface area (Å²) in [4.78, 5) is 0. The van der Waals surface area contributed by atoms with Crippen LogP contribution in [0.5, 0.6) is 0 Å². The monoisotopic (exact) mass is 150 g/mol. The summed E-state index contributed by atoms with van der Waals surface area (Å²) >= 11 is 0. The molecule has 0 spiro atoms. The maximum atomic E-state index is 11.1. The second-order valence-electron chi connectivity index (χ2n) is 1.89. The van der Waals surface area contributed by atoms with Crippen molar-refractivity contribution in [1.82, 2.24) is 0 Å². The van der Waals surface area contributed by atoms with Gasteiger partial charge in [0.1, 0.15) is 0 Å². The van der Waals surface area contributed by atoms with Crippen molar-refractivity contribution in [2.24, 2.45) is 10.1 Å². The van der Waals surface area contributed by atoms with Crippen LogP contribution < -0.4 is 5.73 Å². The van der Waals surface area contributed by atoms with Crippen LogP contribution in [0.1, 0.15) is 6.92 Å². The molecule has 0 aromatic carbocycles. The molecule has 2 N–H and O–H groups in total. The third kappa shape index (κ3) is 4.42. The fourth-order valence-corrected chi connectivity index (χ4v) is 1.01. The Morgan fingerprint density at radius 3 is 2.56 bits per heavy atom. The van der Waals surface area contributed by atoms with Gasteiger partial charge < -0.3 is 5.73 Å². The Morgan fingerprint density at radius 1 is 1.67 bits per heavy atom. The summed E-state index contributed by atoms with van der Waals surface area (Å²) < 4.78 is 15.0. The maximum absolute atomic E-state index is 11.1. The average Bonchev–Trinajstić information content (AvgIpc) is 1.84. The van der Waals surface area contributed by atoms with Crippen LogP contribution in [0.25, 0.3) is 0 Å². The summed E-state index contributed by atoms with van der Waals surface area (Å²) in [5, 5.41) is 0. The molecule has 4 heteroatoms. The fraction of sp³-hybridized carbons (Fsp3) is 1.00. The molecule has 0 heterocycles. The van der Waals surface area contributed by atoms with Gasteiger partial charge in [-0.2, -0.15) is 0 Å². The van der Waals surface area contributed by atoms with Crippen LogP contribution in [0.2, 0.25) is 0 Å². The second-order valence-corrected chi connectivity index (χ2v) is 4.64. The van der Waals surface area contributed by atoms with Crippen molar-refractivity contribution < 1.29 is 4.21 Å². The Labute approximate surface area is 56.8 Å². The summed E-state index contributed by atoms with van der Waals surface area (Å²) in [5.41, 5.74) is 5.17. The van der Waals surface area contributed by atoms with Crippen LogP contribution in [0.15, 0.2) is 4.36 Å². The van der Waals surface area contributed by atoms with Gasteiger partial charge in [-0.1, -0.05) is 6.92 Å². The minimum Gasteiger partial charge on any atom is -0.329 e. The summed E-state index contributed by atoms with van der Waals surface area (Å²) in [6.45, 7) is 2.87. The van der Waals surface area contributed by atoms with Gasteiger partial charge in [-0.15, -0.1) is 0 Å². The molecule has 0 fully saturated rings. The highest BCUT2D eigenvalue weighted by atomic mass is 32.2. The SMILES string of the molecule is CCS(C)(=O)=NCCN. The van der Waals surface area contributed by atoms with Gasteiger partial charge in [0.25, 0.3) is 0 Å². The molecular weight excluding hydrogens is 136 g/mol. The van der Waals surface area contributed by atoms with Crippen LogP contribution in [-0.4, -0.2) is 29.3 Å². The maximum Gasteiger partial charge on any atom is 0.0606 e. The lowest BCUT2D eigenvalue weighted by Gasteiger charge is -1.96. The van der Waals surface area contributed by atoms with E-state index < -0.39 is 9.73 Å². The molecule has 1 atom stereocenters. The molecule has 9 heavy (non-hydrogen) atoms. The van der Waals surface area contributed by atoms with E-state index >= 15 is 0 Å². The summed E-state index contributed by atoms with van der Waals surface area (Å²) in [6.07, 6.45) is 1.66. The molecule has 0 aromatic rings. The van der Waals surface area contributed by atoms with Crippen molar-refractivity contribution in [3.05, 3.63) is 0 Å². The zero-order chi connectivity index (χ0) is 7.33. The lowest BCUT2D eigenvalue weighted by atomic mass is 10.7. The van der Waals surface area contributed by atoms with E-state index in [1.165, 1.54) is 0 Å². The Bertz CT molecular complexity index is 170. The first kappa shape index (κ1) is 8.91. The van der Waals surface area contributed by atoms with E-state index in [0.29, 0.717) is 18.8 Å². The molecule has 0 aliphatic rings. The zero-order valence-electron chi connectivity index (χ0n) is 5.96. The first-order valence-electron chi connectivity index (χ1n) is 2.98. The van der Waals surface area contributed by atoms with Crippen molar-refractivity contribution in [2.75, 3.05) is 25.1 Å². The molecular formula is C5H14N2OS. The minimum absolute atomic E-state index is 0.491. The highest BCUT2D eigenvalue weighted by Gasteiger charge is 1.92. The molecule has 1 unspecified atom stereocenters. The summed E-state index contributed by atoms with van der Waals surface area (Å²) in [5.74, 6) is 0.618. The molecule has 0 amide bonds. The van der Waals surface area contributed by atoms with Gasteiger partial charge in [-0.05, 0) is 0 Å². The number of nitrogens with two attached hydrogens (primary N) is 1. The normalized spacial score (nSPS) is 16.8. The fourth-order valence-electron chi connectivity index (χ4n) is 0.337. The van der Waals surface area contributed by atoms with Crippen molar-refractivity contribution in [2.45, 2.75) is 6.92 Å². The van der Waals surface area contributed by atoms with Crippen LogP contribution in [0, 0.1) is 0 Å². The number of nitrogens with zero attached hydrogens (tertiary/aromatic N) is 1. The van der Waals surface area contributed by atoms with Crippen LogP contribution in [-0.2, 0) is 9.73 Å². The van der Waals surface area contributed by atoms with E-state index in [2.05, 4.69) is 4.36 Å². The molecule has 0 rings (SSSR count). The third-order valence-corrected chi connectivity index (χ3v) is 2.83. The highest BCUT2D eigenvalue weighted by Crippen LogP contribution is 1.87. The van der Waals surface area contributed by atoms with Gasteiger partial charge in [0, 0.05) is 28.3 Å². The Hall–Kier alpha value is -0.0900. The second kappa shape index (κ2) is 3.85. The van der Waals surface area contributed by atoms with Crippen LogP contribution in [0.4, 0.5) is 0 Å². The Morgan fingerprint density at radius 2 is 2.22 bits per heavy atom. The first-order valence-corrected chi connectivity index (χ1v) is 5.07. The predicted octanol–water partition coefficient (Wildman–Crippen LogP) is 0.0628.